The van der Waals surface area contributed by atoms with Crippen molar-refractivity contribution in [3.05, 3.63) is 0 Å². The van der Waals surface area contributed by atoms with Gasteiger partial charge in [0.2, 0.25) is 0 Å². The monoisotopic (exact) mass is 183 g/mol. The Labute approximate surface area is 78.5 Å². The van der Waals surface area contributed by atoms with E-state index in [1.807, 2.05) is 0 Å². The Balaban J connectivity index is 2.02. The number of carbonyl (C=O) groups is 1. The molecule has 3 heteroatoms. The number of carboxylic acid groups (broad SMARTS) is 1. The first-order valence-corrected chi connectivity index (χ1v) is 5.15. The predicted molar refractivity (Wildman–Crippen MR) is 49.5 cm³/mol. The van der Waals surface area contributed by atoms with Crippen LogP contribution in [0.1, 0.15) is 32.1 Å². The van der Waals surface area contributed by atoms with Crippen molar-refractivity contribution >= 4 is 5.97 Å². The van der Waals surface area contributed by atoms with Gasteiger partial charge in [0.1, 0.15) is 0 Å². The zero-order chi connectivity index (χ0) is 9.31. The van der Waals surface area contributed by atoms with Crippen molar-refractivity contribution in [2.75, 3.05) is 13.1 Å². The van der Waals surface area contributed by atoms with Gasteiger partial charge in [-0.15, -0.1) is 0 Å². The summed E-state index contributed by atoms with van der Waals surface area (Å²) in [4.78, 5) is 10.9. The van der Waals surface area contributed by atoms with E-state index in [2.05, 4.69) is 5.32 Å². The Morgan fingerprint density at radius 1 is 1.46 bits per heavy atom. The number of carboxylic acids is 1. The number of nitrogens with one attached hydrogen (secondary N) is 1. The Kier molecular flexibility index (Phi) is 2.28. The van der Waals surface area contributed by atoms with Gasteiger partial charge in [0.25, 0.3) is 0 Å². The van der Waals surface area contributed by atoms with Crippen LogP contribution in [-0.4, -0.2) is 24.2 Å². The fourth-order valence-electron chi connectivity index (χ4n) is 2.84. The molecule has 74 valence electrons. The van der Waals surface area contributed by atoms with Crippen molar-refractivity contribution in [3.63, 3.8) is 0 Å². The second kappa shape index (κ2) is 3.29. The smallest absolute Gasteiger partial charge is 0.306 e. The second-order valence-corrected chi connectivity index (χ2v) is 4.56. The van der Waals surface area contributed by atoms with E-state index in [4.69, 9.17) is 5.11 Å². The fraction of sp³-hybridized carbons (Fsp3) is 0.900. The summed E-state index contributed by atoms with van der Waals surface area (Å²) in [6.45, 7) is 2.11. The highest BCUT2D eigenvalue weighted by Crippen LogP contribution is 2.43. The van der Waals surface area contributed by atoms with Gasteiger partial charge in [0.05, 0.1) is 5.92 Å². The molecular formula is C10H17NO2. The summed E-state index contributed by atoms with van der Waals surface area (Å²) in [6.07, 6.45) is 5.28. The molecule has 2 N–H and O–H groups in total. The number of aliphatic carboxylic acids is 1. The highest BCUT2D eigenvalue weighted by molar-refractivity contribution is 5.70. The third kappa shape index (κ3) is 1.70. The van der Waals surface area contributed by atoms with Crippen molar-refractivity contribution in [1.82, 2.24) is 5.32 Å². The normalized spacial score (nSPS) is 39.5. The predicted octanol–water partition coefficient (Wildman–Crippen LogP) is 1.24. The minimum absolute atomic E-state index is 0.0753. The third-order valence-corrected chi connectivity index (χ3v) is 3.62. The lowest BCUT2D eigenvalue weighted by Gasteiger charge is -2.35. The third-order valence-electron chi connectivity index (χ3n) is 3.62. The molecule has 1 aliphatic heterocycles. The molecule has 13 heavy (non-hydrogen) atoms. The van der Waals surface area contributed by atoms with Gasteiger partial charge < -0.3 is 10.4 Å². The Hall–Kier alpha value is -0.570. The molecule has 2 aliphatic rings. The van der Waals surface area contributed by atoms with Gasteiger partial charge in [-0.3, -0.25) is 4.79 Å². The van der Waals surface area contributed by atoms with Crippen LogP contribution in [0, 0.1) is 11.3 Å². The molecule has 0 bridgehead atoms. The molecule has 1 saturated heterocycles. The summed E-state index contributed by atoms with van der Waals surface area (Å²) in [6, 6.07) is 0. The van der Waals surface area contributed by atoms with Crippen molar-refractivity contribution in [2.24, 2.45) is 11.3 Å². The van der Waals surface area contributed by atoms with Gasteiger partial charge in [0, 0.05) is 6.54 Å². The number of rotatable bonds is 1. The molecule has 1 spiro atoms. The molecule has 1 aliphatic carbocycles. The van der Waals surface area contributed by atoms with Crippen LogP contribution in [0.2, 0.25) is 0 Å². The minimum Gasteiger partial charge on any atom is -0.481 e. The largest absolute Gasteiger partial charge is 0.481 e. The summed E-state index contributed by atoms with van der Waals surface area (Å²) in [5, 5.41) is 12.3. The molecule has 0 aromatic heterocycles. The molecule has 0 radical (unpaired) electrons. The van der Waals surface area contributed by atoms with Crippen LogP contribution in [0.5, 0.6) is 0 Å². The summed E-state index contributed by atoms with van der Waals surface area (Å²) < 4.78 is 0. The Morgan fingerprint density at radius 3 is 2.92 bits per heavy atom. The highest BCUT2D eigenvalue weighted by atomic mass is 16.4. The molecule has 2 atom stereocenters. The lowest BCUT2D eigenvalue weighted by molar-refractivity contribution is -0.144. The second-order valence-electron chi connectivity index (χ2n) is 4.56. The molecule has 1 heterocycles. The topological polar surface area (TPSA) is 49.3 Å². The van der Waals surface area contributed by atoms with Crippen molar-refractivity contribution in [1.29, 1.82) is 0 Å². The fourth-order valence-corrected chi connectivity index (χ4v) is 2.84. The van der Waals surface area contributed by atoms with Gasteiger partial charge in [0.15, 0.2) is 0 Å². The van der Waals surface area contributed by atoms with Crippen molar-refractivity contribution < 1.29 is 9.90 Å². The first kappa shape index (κ1) is 9.00. The summed E-state index contributed by atoms with van der Waals surface area (Å²) >= 11 is 0. The number of hydrogen-bond acceptors (Lipinski definition) is 2. The molecule has 2 rings (SSSR count). The maximum absolute atomic E-state index is 10.9. The molecule has 2 fully saturated rings. The van der Waals surface area contributed by atoms with Gasteiger partial charge >= 0.3 is 5.97 Å². The van der Waals surface area contributed by atoms with E-state index in [0.717, 1.165) is 32.4 Å². The molecule has 0 aromatic rings. The zero-order valence-electron chi connectivity index (χ0n) is 7.88. The van der Waals surface area contributed by atoms with E-state index in [0.29, 0.717) is 5.41 Å². The van der Waals surface area contributed by atoms with E-state index in [1.165, 1.54) is 12.8 Å². The lowest BCUT2D eigenvalue weighted by Crippen LogP contribution is -2.33. The van der Waals surface area contributed by atoms with E-state index < -0.39 is 5.97 Å². The first-order valence-electron chi connectivity index (χ1n) is 5.15. The SMILES string of the molecule is O=C(O)[C@@H]1CCC[C@@]2(CCNC2)C1. The summed E-state index contributed by atoms with van der Waals surface area (Å²) in [7, 11) is 0. The standard InChI is InChI=1S/C10H17NO2/c12-9(13)8-2-1-3-10(6-8)4-5-11-7-10/h8,11H,1-7H2,(H,12,13)/t8-,10-/m1/s1. The van der Waals surface area contributed by atoms with Crippen LogP contribution in [0.3, 0.4) is 0 Å². The van der Waals surface area contributed by atoms with Gasteiger partial charge in [-0.25, -0.2) is 0 Å². The maximum Gasteiger partial charge on any atom is 0.306 e. The molecule has 1 saturated carbocycles. The van der Waals surface area contributed by atoms with Gasteiger partial charge in [-0.2, -0.15) is 0 Å². The van der Waals surface area contributed by atoms with Crippen LogP contribution in [-0.2, 0) is 4.79 Å². The Morgan fingerprint density at radius 2 is 2.31 bits per heavy atom. The van der Waals surface area contributed by atoms with E-state index >= 15 is 0 Å². The van der Waals surface area contributed by atoms with Crippen LogP contribution < -0.4 is 5.32 Å². The van der Waals surface area contributed by atoms with Crippen LogP contribution in [0.25, 0.3) is 0 Å². The quantitative estimate of drug-likeness (QED) is 0.643. The average Bonchev–Trinajstić information content (AvgIpc) is 2.53. The maximum atomic E-state index is 10.9. The molecule has 3 nitrogen and oxygen atoms in total. The van der Waals surface area contributed by atoms with Crippen LogP contribution in [0.15, 0.2) is 0 Å². The number of hydrogen-bond donors (Lipinski definition) is 2. The van der Waals surface area contributed by atoms with Crippen LogP contribution in [0.4, 0.5) is 0 Å². The lowest BCUT2D eigenvalue weighted by atomic mass is 9.69. The van der Waals surface area contributed by atoms with Crippen molar-refractivity contribution in [3.8, 4) is 0 Å². The summed E-state index contributed by atoms with van der Waals surface area (Å²) in [5.41, 5.74) is 0.335. The van der Waals surface area contributed by atoms with Gasteiger partial charge in [-0.1, -0.05) is 6.42 Å². The Bertz CT molecular complexity index is 209. The molecular weight excluding hydrogens is 166 g/mol. The van der Waals surface area contributed by atoms with E-state index in [-0.39, 0.29) is 5.92 Å². The zero-order valence-corrected chi connectivity index (χ0v) is 7.88. The molecule has 0 unspecified atom stereocenters. The summed E-state index contributed by atoms with van der Waals surface area (Å²) in [5.74, 6) is -0.667. The van der Waals surface area contributed by atoms with Gasteiger partial charge in [-0.05, 0) is 37.6 Å². The highest BCUT2D eigenvalue weighted by Gasteiger charge is 2.40. The van der Waals surface area contributed by atoms with Crippen molar-refractivity contribution in [2.45, 2.75) is 32.1 Å². The molecule has 0 amide bonds. The molecule has 0 aromatic carbocycles. The van der Waals surface area contributed by atoms with E-state index in [1.54, 1.807) is 0 Å². The van der Waals surface area contributed by atoms with Crippen LogP contribution >= 0.6 is 0 Å². The average molecular weight is 183 g/mol. The first-order chi connectivity index (χ1) is 6.22. The minimum atomic E-state index is -0.592. The van der Waals surface area contributed by atoms with E-state index in [9.17, 15) is 4.79 Å².